The van der Waals surface area contributed by atoms with E-state index < -0.39 is 5.60 Å². The minimum atomic E-state index is -0.594. The van der Waals surface area contributed by atoms with Crippen LogP contribution in [0.1, 0.15) is 12.1 Å². The van der Waals surface area contributed by atoms with E-state index in [1.165, 1.54) is 0 Å². The molecule has 6 heteroatoms. The normalized spacial score (nSPS) is 22.8. The van der Waals surface area contributed by atoms with Crippen molar-refractivity contribution in [2.45, 2.75) is 18.4 Å². The fourth-order valence-electron chi connectivity index (χ4n) is 2.06. The SMILES string of the molecule is CN=C(NCCc1ccccn1)NCC1(O)CCSC1. The molecule has 1 aromatic rings. The number of nitrogens with one attached hydrogen (secondary N) is 2. The molecule has 2 rings (SSSR count). The zero-order valence-electron chi connectivity index (χ0n) is 11.8. The fraction of sp³-hybridized carbons (Fsp3) is 0.571. The number of thioether (sulfide) groups is 1. The van der Waals surface area contributed by atoms with Crippen molar-refractivity contribution >= 4 is 17.7 Å². The molecular formula is C14H22N4OS. The van der Waals surface area contributed by atoms with Crippen molar-refractivity contribution in [3.63, 3.8) is 0 Å². The Balaban J connectivity index is 1.70. The highest BCUT2D eigenvalue weighted by molar-refractivity contribution is 7.99. The number of rotatable bonds is 5. The van der Waals surface area contributed by atoms with Gasteiger partial charge in [0.25, 0.3) is 0 Å². The summed E-state index contributed by atoms with van der Waals surface area (Å²) in [6.07, 6.45) is 3.49. The lowest BCUT2D eigenvalue weighted by atomic mass is 10.0. The first-order valence-electron chi connectivity index (χ1n) is 6.86. The van der Waals surface area contributed by atoms with Gasteiger partial charge in [-0.05, 0) is 24.3 Å². The molecule has 110 valence electrons. The molecule has 1 fully saturated rings. The Morgan fingerprint density at radius 1 is 1.50 bits per heavy atom. The van der Waals surface area contributed by atoms with Crippen molar-refractivity contribution in [2.24, 2.45) is 4.99 Å². The van der Waals surface area contributed by atoms with Gasteiger partial charge in [0.15, 0.2) is 5.96 Å². The van der Waals surface area contributed by atoms with Crippen LogP contribution in [-0.2, 0) is 6.42 Å². The molecule has 0 amide bonds. The van der Waals surface area contributed by atoms with E-state index in [0.717, 1.165) is 42.5 Å². The first-order valence-corrected chi connectivity index (χ1v) is 8.02. The van der Waals surface area contributed by atoms with Gasteiger partial charge in [0.2, 0.25) is 0 Å². The summed E-state index contributed by atoms with van der Waals surface area (Å²) < 4.78 is 0. The van der Waals surface area contributed by atoms with Gasteiger partial charge in [-0.1, -0.05) is 6.07 Å². The number of nitrogens with zero attached hydrogens (tertiary/aromatic N) is 2. The molecule has 0 saturated carbocycles. The maximum Gasteiger partial charge on any atom is 0.191 e. The van der Waals surface area contributed by atoms with Gasteiger partial charge in [-0.25, -0.2) is 0 Å². The van der Waals surface area contributed by atoms with E-state index in [2.05, 4.69) is 20.6 Å². The summed E-state index contributed by atoms with van der Waals surface area (Å²) in [6.45, 7) is 1.31. The predicted octanol–water partition coefficient (Wildman–Crippen LogP) is 0.657. The van der Waals surface area contributed by atoms with Crippen molar-refractivity contribution < 1.29 is 5.11 Å². The number of hydrogen-bond donors (Lipinski definition) is 3. The zero-order valence-corrected chi connectivity index (χ0v) is 12.6. The summed E-state index contributed by atoms with van der Waals surface area (Å²) in [7, 11) is 1.74. The average molecular weight is 294 g/mol. The molecule has 20 heavy (non-hydrogen) atoms. The van der Waals surface area contributed by atoms with Gasteiger partial charge in [-0.2, -0.15) is 11.8 Å². The van der Waals surface area contributed by atoms with Crippen molar-refractivity contribution in [3.05, 3.63) is 30.1 Å². The highest BCUT2D eigenvalue weighted by Crippen LogP contribution is 2.26. The van der Waals surface area contributed by atoms with E-state index in [-0.39, 0.29) is 0 Å². The second kappa shape index (κ2) is 7.50. The Bertz CT molecular complexity index is 432. The molecule has 5 nitrogen and oxygen atoms in total. The average Bonchev–Trinajstić information content (AvgIpc) is 2.91. The van der Waals surface area contributed by atoms with Gasteiger partial charge in [-0.15, -0.1) is 0 Å². The predicted molar refractivity (Wildman–Crippen MR) is 84.2 cm³/mol. The number of hydrogen-bond acceptors (Lipinski definition) is 4. The van der Waals surface area contributed by atoms with Crippen LogP contribution < -0.4 is 10.6 Å². The van der Waals surface area contributed by atoms with Gasteiger partial charge in [0, 0.05) is 44.2 Å². The smallest absolute Gasteiger partial charge is 0.191 e. The van der Waals surface area contributed by atoms with Gasteiger partial charge in [0.1, 0.15) is 0 Å². The van der Waals surface area contributed by atoms with E-state index in [4.69, 9.17) is 0 Å². The zero-order chi connectivity index (χ0) is 14.3. The Hall–Kier alpha value is -1.27. The number of aliphatic imine (C=N–C) groups is 1. The molecule has 2 heterocycles. The molecule has 0 aliphatic carbocycles. The molecule has 1 aromatic heterocycles. The van der Waals surface area contributed by atoms with Crippen molar-refractivity contribution in [2.75, 3.05) is 31.6 Å². The first kappa shape index (κ1) is 15.1. The van der Waals surface area contributed by atoms with E-state index in [1.54, 1.807) is 25.0 Å². The Morgan fingerprint density at radius 2 is 2.40 bits per heavy atom. The molecule has 1 saturated heterocycles. The molecule has 0 radical (unpaired) electrons. The summed E-state index contributed by atoms with van der Waals surface area (Å²) in [5, 5.41) is 16.7. The number of aliphatic hydroxyl groups is 1. The number of pyridine rings is 1. The van der Waals surface area contributed by atoms with Gasteiger partial charge in [0.05, 0.1) is 5.60 Å². The molecule has 3 N–H and O–H groups in total. The topological polar surface area (TPSA) is 69.5 Å². The van der Waals surface area contributed by atoms with Crippen LogP contribution in [0, 0.1) is 0 Å². The fourth-order valence-corrected chi connectivity index (χ4v) is 3.35. The van der Waals surface area contributed by atoms with Crippen molar-refractivity contribution in [1.82, 2.24) is 15.6 Å². The van der Waals surface area contributed by atoms with E-state index in [9.17, 15) is 5.11 Å². The lowest BCUT2D eigenvalue weighted by Crippen LogP contribution is -2.47. The number of aromatic nitrogens is 1. The maximum atomic E-state index is 10.3. The third-order valence-corrected chi connectivity index (χ3v) is 4.52. The monoisotopic (exact) mass is 294 g/mol. The molecule has 1 unspecified atom stereocenters. The van der Waals surface area contributed by atoms with Gasteiger partial charge < -0.3 is 15.7 Å². The standard InChI is InChI=1S/C14H22N4OS/c1-15-13(18-10-14(19)6-9-20-11-14)17-8-5-12-4-2-3-7-16-12/h2-4,7,19H,5-6,8-11H2,1H3,(H2,15,17,18). The lowest BCUT2D eigenvalue weighted by molar-refractivity contribution is 0.0724. The minimum Gasteiger partial charge on any atom is -0.387 e. The molecule has 0 spiro atoms. The second-order valence-corrected chi connectivity index (χ2v) is 6.06. The molecule has 0 bridgehead atoms. The summed E-state index contributed by atoms with van der Waals surface area (Å²) in [6, 6.07) is 5.91. The molecule has 1 aliphatic rings. The first-order chi connectivity index (χ1) is 9.72. The van der Waals surface area contributed by atoms with E-state index in [0.29, 0.717) is 6.54 Å². The van der Waals surface area contributed by atoms with Crippen LogP contribution >= 0.6 is 11.8 Å². The number of guanidine groups is 1. The molecule has 1 atom stereocenters. The largest absolute Gasteiger partial charge is 0.387 e. The van der Waals surface area contributed by atoms with Crippen LogP contribution in [0.5, 0.6) is 0 Å². The van der Waals surface area contributed by atoms with Crippen LogP contribution in [0.4, 0.5) is 0 Å². The lowest BCUT2D eigenvalue weighted by Gasteiger charge is -2.23. The Morgan fingerprint density at radius 3 is 3.05 bits per heavy atom. The molecular weight excluding hydrogens is 272 g/mol. The molecule has 0 aromatic carbocycles. The summed E-state index contributed by atoms with van der Waals surface area (Å²) in [5.74, 6) is 2.56. The summed E-state index contributed by atoms with van der Waals surface area (Å²) in [5.41, 5.74) is 0.463. The maximum absolute atomic E-state index is 10.3. The third-order valence-electron chi connectivity index (χ3n) is 3.29. The Kier molecular flexibility index (Phi) is 5.67. The minimum absolute atomic E-state index is 0.545. The van der Waals surface area contributed by atoms with Gasteiger partial charge >= 0.3 is 0 Å². The van der Waals surface area contributed by atoms with Crippen LogP contribution in [0.3, 0.4) is 0 Å². The second-order valence-electron chi connectivity index (χ2n) is 4.95. The highest BCUT2D eigenvalue weighted by atomic mass is 32.2. The quantitative estimate of drug-likeness (QED) is 0.550. The van der Waals surface area contributed by atoms with Crippen molar-refractivity contribution in [3.8, 4) is 0 Å². The van der Waals surface area contributed by atoms with Crippen molar-refractivity contribution in [1.29, 1.82) is 0 Å². The van der Waals surface area contributed by atoms with E-state index in [1.807, 2.05) is 18.2 Å². The Labute approximate surface area is 124 Å². The van der Waals surface area contributed by atoms with Gasteiger partial charge in [-0.3, -0.25) is 9.98 Å². The van der Waals surface area contributed by atoms with Crippen LogP contribution in [0.25, 0.3) is 0 Å². The molecule has 1 aliphatic heterocycles. The van der Waals surface area contributed by atoms with Crippen LogP contribution in [0.2, 0.25) is 0 Å². The van der Waals surface area contributed by atoms with Crippen LogP contribution in [0.15, 0.2) is 29.4 Å². The third kappa shape index (κ3) is 4.68. The highest BCUT2D eigenvalue weighted by Gasteiger charge is 2.31. The summed E-state index contributed by atoms with van der Waals surface area (Å²) >= 11 is 1.80. The summed E-state index contributed by atoms with van der Waals surface area (Å²) in [4.78, 5) is 8.45. The van der Waals surface area contributed by atoms with Crippen LogP contribution in [-0.4, -0.2) is 53.3 Å². The van der Waals surface area contributed by atoms with E-state index >= 15 is 0 Å².